The lowest BCUT2D eigenvalue weighted by atomic mass is 10.2. The summed E-state index contributed by atoms with van der Waals surface area (Å²) in [7, 11) is 0. The molecule has 1 saturated heterocycles. The number of carboxylic acid groups (broad SMARTS) is 1. The molecule has 2 unspecified atom stereocenters. The maximum atomic E-state index is 11.5. The number of hydrogen-bond donors (Lipinski definition) is 3. The SMILES string of the molecule is CC1OCCC1NC(=O)NCCCCCC(=O)O. The van der Waals surface area contributed by atoms with Crippen LogP contribution in [-0.2, 0) is 9.53 Å². The van der Waals surface area contributed by atoms with Gasteiger partial charge in [0.25, 0.3) is 0 Å². The van der Waals surface area contributed by atoms with E-state index >= 15 is 0 Å². The van der Waals surface area contributed by atoms with Gasteiger partial charge in [0.15, 0.2) is 0 Å². The molecule has 0 radical (unpaired) electrons. The molecule has 1 heterocycles. The van der Waals surface area contributed by atoms with E-state index in [0.717, 1.165) is 19.3 Å². The standard InChI is InChI=1S/C12H22N2O4/c1-9-10(6-8-18-9)14-12(17)13-7-4-2-3-5-11(15)16/h9-10H,2-8H2,1H3,(H,15,16)(H2,13,14,17). The first kappa shape index (κ1) is 14.8. The highest BCUT2D eigenvalue weighted by atomic mass is 16.5. The smallest absolute Gasteiger partial charge is 0.315 e. The quantitative estimate of drug-likeness (QED) is 0.597. The molecule has 1 aliphatic heterocycles. The van der Waals surface area contributed by atoms with Crippen LogP contribution >= 0.6 is 0 Å². The van der Waals surface area contributed by atoms with E-state index in [1.54, 1.807) is 0 Å². The Morgan fingerprint density at radius 1 is 1.33 bits per heavy atom. The summed E-state index contributed by atoms with van der Waals surface area (Å²) in [5.74, 6) is -0.768. The Kier molecular flexibility index (Phi) is 6.49. The molecule has 0 aromatic carbocycles. The highest BCUT2D eigenvalue weighted by molar-refractivity contribution is 5.74. The maximum absolute atomic E-state index is 11.5. The summed E-state index contributed by atoms with van der Waals surface area (Å²) in [4.78, 5) is 21.8. The second-order valence-electron chi connectivity index (χ2n) is 4.58. The van der Waals surface area contributed by atoms with Crippen molar-refractivity contribution in [2.75, 3.05) is 13.2 Å². The fourth-order valence-electron chi connectivity index (χ4n) is 1.92. The number of rotatable bonds is 7. The summed E-state index contributed by atoms with van der Waals surface area (Å²) >= 11 is 0. The zero-order valence-corrected chi connectivity index (χ0v) is 10.8. The van der Waals surface area contributed by atoms with Gasteiger partial charge in [-0.2, -0.15) is 0 Å². The lowest BCUT2D eigenvalue weighted by molar-refractivity contribution is -0.137. The number of carboxylic acids is 1. The third-order valence-corrected chi connectivity index (χ3v) is 3.05. The minimum absolute atomic E-state index is 0.0753. The number of hydrogen-bond acceptors (Lipinski definition) is 3. The third-order valence-electron chi connectivity index (χ3n) is 3.05. The van der Waals surface area contributed by atoms with E-state index in [9.17, 15) is 9.59 Å². The molecule has 0 bridgehead atoms. The van der Waals surface area contributed by atoms with E-state index in [1.807, 2.05) is 6.92 Å². The second-order valence-corrected chi connectivity index (χ2v) is 4.58. The van der Waals surface area contributed by atoms with Gasteiger partial charge < -0.3 is 20.5 Å². The number of amides is 2. The number of carbonyl (C=O) groups is 2. The third kappa shape index (κ3) is 5.86. The molecular formula is C12H22N2O4. The molecule has 0 aromatic heterocycles. The maximum Gasteiger partial charge on any atom is 0.315 e. The fraction of sp³-hybridized carbons (Fsp3) is 0.833. The summed E-state index contributed by atoms with van der Waals surface area (Å²) in [6.45, 7) is 3.22. The molecule has 0 spiro atoms. The molecule has 18 heavy (non-hydrogen) atoms. The Morgan fingerprint density at radius 2 is 2.11 bits per heavy atom. The number of urea groups is 1. The second kappa shape index (κ2) is 7.92. The van der Waals surface area contributed by atoms with E-state index in [0.29, 0.717) is 19.6 Å². The van der Waals surface area contributed by atoms with Gasteiger partial charge in [-0.25, -0.2) is 4.79 Å². The van der Waals surface area contributed by atoms with Gasteiger partial charge in [-0.3, -0.25) is 4.79 Å². The van der Waals surface area contributed by atoms with Crippen LogP contribution in [0.1, 0.15) is 39.0 Å². The minimum Gasteiger partial charge on any atom is -0.481 e. The van der Waals surface area contributed by atoms with Crippen LogP contribution in [0.15, 0.2) is 0 Å². The van der Waals surface area contributed by atoms with E-state index in [-0.39, 0.29) is 24.6 Å². The molecule has 1 fully saturated rings. The van der Waals surface area contributed by atoms with Crippen LogP contribution in [0.25, 0.3) is 0 Å². The van der Waals surface area contributed by atoms with E-state index in [1.165, 1.54) is 0 Å². The molecule has 0 aliphatic carbocycles. The monoisotopic (exact) mass is 258 g/mol. The number of unbranched alkanes of at least 4 members (excludes halogenated alkanes) is 2. The Balaban J connectivity index is 1.98. The predicted octanol–water partition coefficient (Wildman–Crippen LogP) is 1.11. The van der Waals surface area contributed by atoms with E-state index < -0.39 is 5.97 Å². The molecule has 2 atom stereocenters. The van der Waals surface area contributed by atoms with Crippen LogP contribution in [-0.4, -0.2) is 42.4 Å². The summed E-state index contributed by atoms with van der Waals surface area (Å²) in [6, 6.07) is -0.0763. The van der Waals surface area contributed by atoms with Crippen LogP contribution in [0.3, 0.4) is 0 Å². The predicted molar refractivity (Wildman–Crippen MR) is 66.5 cm³/mol. The molecule has 2 amide bonds. The first-order valence-electron chi connectivity index (χ1n) is 6.47. The van der Waals surface area contributed by atoms with Crippen molar-refractivity contribution in [2.45, 2.75) is 51.2 Å². The summed E-state index contributed by atoms with van der Waals surface area (Å²) in [5, 5.41) is 14.1. The molecule has 1 rings (SSSR count). The zero-order valence-electron chi connectivity index (χ0n) is 10.8. The molecule has 0 saturated carbocycles. The van der Waals surface area contributed by atoms with Gasteiger partial charge in [-0.1, -0.05) is 6.42 Å². The van der Waals surface area contributed by atoms with E-state index in [2.05, 4.69) is 10.6 Å². The van der Waals surface area contributed by atoms with Gasteiger partial charge in [-0.15, -0.1) is 0 Å². The Labute approximate surface area is 107 Å². The van der Waals surface area contributed by atoms with Gasteiger partial charge in [0.1, 0.15) is 0 Å². The lowest BCUT2D eigenvalue weighted by Crippen LogP contribution is -2.45. The molecular weight excluding hydrogens is 236 g/mol. The number of nitrogens with one attached hydrogen (secondary N) is 2. The van der Waals surface area contributed by atoms with Gasteiger partial charge in [0, 0.05) is 19.6 Å². The summed E-state index contributed by atoms with van der Waals surface area (Å²) < 4.78 is 5.35. The van der Waals surface area contributed by atoms with Crippen molar-refractivity contribution in [3.8, 4) is 0 Å². The van der Waals surface area contributed by atoms with Gasteiger partial charge in [-0.05, 0) is 26.2 Å². The van der Waals surface area contributed by atoms with Crippen molar-refractivity contribution in [1.82, 2.24) is 10.6 Å². The highest BCUT2D eigenvalue weighted by Crippen LogP contribution is 2.12. The van der Waals surface area contributed by atoms with Gasteiger partial charge >= 0.3 is 12.0 Å². The van der Waals surface area contributed by atoms with Crippen LogP contribution in [0.5, 0.6) is 0 Å². The van der Waals surface area contributed by atoms with Crippen LogP contribution in [0, 0.1) is 0 Å². The number of ether oxygens (including phenoxy) is 1. The zero-order chi connectivity index (χ0) is 13.4. The van der Waals surface area contributed by atoms with Crippen molar-refractivity contribution in [2.24, 2.45) is 0 Å². The van der Waals surface area contributed by atoms with Crippen LogP contribution in [0.2, 0.25) is 0 Å². The number of aliphatic carboxylic acids is 1. The van der Waals surface area contributed by atoms with Crippen molar-refractivity contribution in [3.05, 3.63) is 0 Å². The van der Waals surface area contributed by atoms with Gasteiger partial charge in [0.2, 0.25) is 0 Å². The molecule has 0 aromatic rings. The topological polar surface area (TPSA) is 87.7 Å². The van der Waals surface area contributed by atoms with Crippen molar-refractivity contribution >= 4 is 12.0 Å². The van der Waals surface area contributed by atoms with Crippen molar-refractivity contribution in [1.29, 1.82) is 0 Å². The summed E-state index contributed by atoms with van der Waals surface area (Å²) in [5.41, 5.74) is 0. The lowest BCUT2D eigenvalue weighted by Gasteiger charge is -2.16. The minimum atomic E-state index is -0.768. The molecule has 6 nitrogen and oxygen atoms in total. The Hall–Kier alpha value is -1.30. The average Bonchev–Trinajstić information content (AvgIpc) is 2.69. The molecule has 104 valence electrons. The highest BCUT2D eigenvalue weighted by Gasteiger charge is 2.25. The van der Waals surface area contributed by atoms with E-state index in [4.69, 9.17) is 9.84 Å². The largest absolute Gasteiger partial charge is 0.481 e. The van der Waals surface area contributed by atoms with Crippen molar-refractivity contribution < 1.29 is 19.4 Å². The average molecular weight is 258 g/mol. The first-order chi connectivity index (χ1) is 8.59. The molecule has 6 heteroatoms. The first-order valence-corrected chi connectivity index (χ1v) is 6.47. The normalized spacial score (nSPS) is 22.7. The fourth-order valence-corrected chi connectivity index (χ4v) is 1.92. The Morgan fingerprint density at radius 3 is 2.72 bits per heavy atom. The number of carbonyl (C=O) groups excluding carboxylic acids is 1. The summed E-state index contributed by atoms with van der Waals surface area (Å²) in [6.07, 6.45) is 3.40. The van der Waals surface area contributed by atoms with Crippen molar-refractivity contribution in [3.63, 3.8) is 0 Å². The Bertz CT molecular complexity index is 283. The molecule has 3 N–H and O–H groups in total. The van der Waals surface area contributed by atoms with Gasteiger partial charge in [0.05, 0.1) is 12.1 Å². The van der Waals surface area contributed by atoms with Crippen LogP contribution < -0.4 is 10.6 Å². The van der Waals surface area contributed by atoms with Crippen LogP contribution in [0.4, 0.5) is 4.79 Å². The molecule has 1 aliphatic rings.